The summed E-state index contributed by atoms with van der Waals surface area (Å²) in [6.45, 7) is 0. The highest BCUT2D eigenvalue weighted by Crippen LogP contribution is 2.41. The summed E-state index contributed by atoms with van der Waals surface area (Å²) in [6.07, 6.45) is 0. The van der Waals surface area contributed by atoms with Crippen molar-refractivity contribution in [3.63, 3.8) is 0 Å². The Balaban J connectivity index is 1.94. The Morgan fingerprint density at radius 3 is 2.23 bits per heavy atom. The number of carbonyl (C=O) groups excluding carboxylic acids is 2. The molecule has 0 atom stereocenters. The van der Waals surface area contributed by atoms with E-state index in [1.54, 1.807) is 0 Å². The maximum atomic E-state index is 13.0. The summed E-state index contributed by atoms with van der Waals surface area (Å²) in [4.78, 5) is 25.9. The molecule has 0 heterocycles. The molecule has 0 bridgehead atoms. The van der Waals surface area contributed by atoms with Crippen molar-refractivity contribution in [1.82, 2.24) is 0 Å². The summed E-state index contributed by atoms with van der Waals surface area (Å²) in [7, 11) is 0. The Hall–Kier alpha value is -3.80. The second-order valence-electron chi connectivity index (χ2n) is 5.96. The lowest BCUT2D eigenvalue weighted by molar-refractivity contribution is 0.0975. The summed E-state index contributed by atoms with van der Waals surface area (Å²) >= 11 is 0. The first kappa shape index (κ1) is 15.7. The first-order valence-electron chi connectivity index (χ1n) is 7.88. The van der Waals surface area contributed by atoms with Crippen molar-refractivity contribution in [2.45, 2.75) is 0 Å². The number of benzene rings is 3. The quantitative estimate of drug-likeness (QED) is 0.252. The lowest BCUT2D eigenvalue weighted by Gasteiger charge is -2.22. The average molecular weight is 346 g/mol. The van der Waals surface area contributed by atoms with Crippen LogP contribution in [0.3, 0.4) is 0 Å². The van der Waals surface area contributed by atoms with Crippen molar-refractivity contribution in [1.29, 1.82) is 0 Å². The molecule has 0 aromatic heterocycles. The topological polar surface area (TPSA) is 113 Å². The molecule has 3 aromatic rings. The van der Waals surface area contributed by atoms with E-state index in [1.807, 2.05) is 30.3 Å². The number of hydrogen-bond donors (Lipinski definition) is 4. The number of ketones is 2. The number of nitrogens with one attached hydrogen (secondary N) is 1. The summed E-state index contributed by atoms with van der Waals surface area (Å²) in [5.41, 5.74) is 6.55. The van der Waals surface area contributed by atoms with E-state index in [9.17, 15) is 19.8 Å². The third-order valence-corrected chi connectivity index (χ3v) is 4.37. The van der Waals surface area contributed by atoms with E-state index in [-0.39, 0.29) is 33.7 Å². The van der Waals surface area contributed by atoms with Crippen LogP contribution < -0.4 is 11.1 Å². The maximum Gasteiger partial charge on any atom is 0.202 e. The van der Waals surface area contributed by atoms with Gasteiger partial charge in [-0.25, -0.2) is 0 Å². The fourth-order valence-corrected chi connectivity index (χ4v) is 3.12. The van der Waals surface area contributed by atoms with E-state index in [0.29, 0.717) is 5.69 Å². The number of anilines is 3. The van der Waals surface area contributed by atoms with Crippen molar-refractivity contribution in [3.05, 3.63) is 76.9 Å². The normalized spacial score (nSPS) is 12.5. The second kappa shape index (κ2) is 5.63. The molecular formula is C20H14N2O4. The molecule has 0 radical (unpaired) electrons. The molecule has 26 heavy (non-hydrogen) atoms. The molecule has 0 unspecified atom stereocenters. The zero-order valence-electron chi connectivity index (χ0n) is 13.5. The van der Waals surface area contributed by atoms with E-state index >= 15 is 0 Å². The van der Waals surface area contributed by atoms with Crippen LogP contribution in [0.25, 0.3) is 0 Å². The number of carbonyl (C=O) groups is 2. The number of para-hydroxylation sites is 1. The molecule has 4 rings (SSSR count). The molecule has 0 fully saturated rings. The number of phenolic OH excluding ortho intramolecular Hbond substituents is 2. The molecule has 0 saturated heterocycles. The molecule has 0 amide bonds. The van der Waals surface area contributed by atoms with Crippen molar-refractivity contribution in [3.8, 4) is 11.5 Å². The van der Waals surface area contributed by atoms with Gasteiger partial charge in [0.2, 0.25) is 5.78 Å². The first-order chi connectivity index (χ1) is 12.5. The molecule has 128 valence electrons. The number of phenols is 2. The second-order valence-corrected chi connectivity index (χ2v) is 5.96. The van der Waals surface area contributed by atoms with Crippen LogP contribution in [0.15, 0.2) is 54.6 Å². The lowest BCUT2D eigenvalue weighted by Crippen LogP contribution is -2.23. The van der Waals surface area contributed by atoms with Gasteiger partial charge in [-0.2, -0.15) is 0 Å². The number of fused-ring (bicyclic) bond motifs is 2. The molecular weight excluding hydrogens is 332 g/mol. The molecule has 1 aliphatic rings. The van der Waals surface area contributed by atoms with E-state index in [0.717, 1.165) is 5.69 Å². The number of aromatic hydroxyl groups is 2. The van der Waals surface area contributed by atoms with E-state index in [4.69, 9.17) is 5.73 Å². The minimum Gasteiger partial charge on any atom is -0.507 e. The van der Waals surface area contributed by atoms with Gasteiger partial charge in [0, 0.05) is 11.3 Å². The highest BCUT2D eigenvalue weighted by Gasteiger charge is 2.36. The van der Waals surface area contributed by atoms with Crippen molar-refractivity contribution >= 4 is 28.6 Å². The molecule has 3 aromatic carbocycles. The van der Waals surface area contributed by atoms with Crippen LogP contribution in [0.2, 0.25) is 0 Å². The maximum absolute atomic E-state index is 13.0. The standard InChI is InChI=1S/C20H14N2O4/c21-12-7-6-11-15(19(12)25)20(26)17-14(23)9-8-13(16(17)18(11)24)22-10-4-2-1-3-5-10/h1-9,22-23,25H,21H2. The van der Waals surface area contributed by atoms with Crippen LogP contribution in [0.5, 0.6) is 11.5 Å². The Morgan fingerprint density at radius 1 is 0.769 bits per heavy atom. The van der Waals surface area contributed by atoms with Gasteiger partial charge in [0.25, 0.3) is 0 Å². The van der Waals surface area contributed by atoms with Gasteiger partial charge in [-0.1, -0.05) is 18.2 Å². The Morgan fingerprint density at radius 2 is 1.50 bits per heavy atom. The van der Waals surface area contributed by atoms with Gasteiger partial charge in [0.1, 0.15) is 11.5 Å². The Bertz CT molecular complexity index is 1070. The van der Waals surface area contributed by atoms with Crippen LogP contribution in [-0.2, 0) is 0 Å². The third kappa shape index (κ3) is 2.20. The summed E-state index contributed by atoms with van der Waals surface area (Å²) in [5.74, 6) is -1.90. The van der Waals surface area contributed by atoms with Gasteiger partial charge in [-0.05, 0) is 36.4 Å². The molecule has 0 saturated carbocycles. The van der Waals surface area contributed by atoms with Gasteiger partial charge in [0.15, 0.2) is 5.78 Å². The predicted octanol–water partition coefficient (Wildman–Crippen LogP) is 3.20. The Kier molecular flexibility index (Phi) is 3.40. The van der Waals surface area contributed by atoms with E-state index in [2.05, 4.69) is 5.32 Å². The summed E-state index contributed by atoms with van der Waals surface area (Å²) in [5, 5.41) is 23.5. The summed E-state index contributed by atoms with van der Waals surface area (Å²) in [6, 6.07) is 14.8. The fourth-order valence-electron chi connectivity index (χ4n) is 3.12. The molecule has 6 heteroatoms. The van der Waals surface area contributed by atoms with Gasteiger partial charge in [0.05, 0.1) is 28.1 Å². The van der Waals surface area contributed by atoms with E-state index in [1.165, 1.54) is 24.3 Å². The minimum absolute atomic E-state index is 0.00796. The number of nitrogen functional groups attached to an aromatic ring is 1. The van der Waals surface area contributed by atoms with Crippen LogP contribution in [0, 0.1) is 0 Å². The molecule has 1 aliphatic carbocycles. The van der Waals surface area contributed by atoms with Gasteiger partial charge >= 0.3 is 0 Å². The monoisotopic (exact) mass is 346 g/mol. The Labute approximate surface area is 148 Å². The van der Waals surface area contributed by atoms with Crippen LogP contribution in [0.1, 0.15) is 31.8 Å². The SMILES string of the molecule is Nc1ccc2c(c1O)C(=O)c1c(O)ccc(Nc3ccccc3)c1C2=O. The highest BCUT2D eigenvalue weighted by molar-refractivity contribution is 6.32. The largest absolute Gasteiger partial charge is 0.507 e. The molecule has 5 N–H and O–H groups in total. The minimum atomic E-state index is -0.645. The third-order valence-electron chi connectivity index (χ3n) is 4.37. The van der Waals surface area contributed by atoms with Gasteiger partial charge in [-0.3, -0.25) is 9.59 Å². The predicted molar refractivity (Wildman–Crippen MR) is 97.2 cm³/mol. The zero-order chi connectivity index (χ0) is 18.4. The number of hydrogen-bond acceptors (Lipinski definition) is 6. The number of rotatable bonds is 2. The van der Waals surface area contributed by atoms with Crippen molar-refractivity contribution < 1.29 is 19.8 Å². The first-order valence-corrected chi connectivity index (χ1v) is 7.88. The van der Waals surface area contributed by atoms with Crippen LogP contribution in [0.4, 0.5) is 17.1 Å². The average Bonchev–Trinajstić information content (AvgIpc) is 2.64. The fraction of sp³-hybridized carbons (Fsp3) is 0. The van der Waals surface area contributed by atoms with E-state index < -0.39 is 17.3 Å². The number of nitrogens with two attached hydrogens (primary N) is 1. The molecule has 0 spiro atoms. The molecule has 0 aliphatic heterocycles. The molecule has 6 nitrogen and oxygen atoms in total. The van der Waals surface area contributed by atoms with Crippen molar-refractivity contribution in [2.75, 3.05) is 11.1 Å². The van der Waals surface area contributed by atoms with Gasteiger partial charge < -0.3 is 21.3 Å². The van der Waals surface area contributed by atoms with Gasteiger partial charge in [-0.15, -0.1) is 0 Å². The van der Waals surface area contributed by atoms with Crippen molar-refractivity contribution in [2.24, 2.45) is 0 Å². The zero-order valence-corrected chi connectivity index (χ0v) is 13.5. The van der Waals surface area contributed by atoms with Crippen LogP contribution in [-0.4, -0.2) is 21.8 Å². The lowest BCUT2D eigenvalue weighted by atomic mass is 9.82. The van der Waals surface area contributed by atoms with Crippen LogP contribution >= 0.6 is 0 Å². The smallest absolute Gasteiger partial charge is 0.202 e. The summed E-state index contributed by atoms with van der Waals surface area (Å²) < 4.78 is 0. The highest BCUT2D eigenvalue weighted by atomic mass is 16.3.